The molecule has 0 saturated heterocycles. The average molecular weight is 497 g/mol. The van der Waals surface area contributed by atoms with E-state index in [0.717, 1.165) is 44.6 Å². The molecule has 0 spiro atoms. The fraction of sp³-hybridized carbons (Fsp3) is 0.231. The number of thiophene rings is 1. The van der Waals surface area contributed by atoms with Crippen LogP contribution in [0.15, 0.2) is 54.7 Å². The van der Waals surface area contributed by atoms with Crippen molar-refractivity contribution in [1.82, 2.24) is 10.3 Å². The van der Waals surface area contributed by atoms with E-state index >= 15 is 0 Å². The van der Waals surface area contributed by atoms with Crippen molar-refractivity contribution in [2.24, 2.45) is 0 Å². The zero-order valence-corrected chi connectivity index (χ0v) is 20.5. The van der Waals surface area contributed by atoms with E-state index in [2.05, 4.69) is 24.1 Å². The van der Waals surface area contributed by atoms with Crippen molar-refractivity contribution >= 4 is 50.7 Å². The molecule has 0 unspecified atom stereocenters. The quantitative estimate of drug-likeness (QED) is 0.315. The number of para-hydroxylation sites is 1. The van der Waals surface area contributed by atoms with Crippen LogP contribution in [0.25, 0.3) is 21.3 Å². The highest BCUT2D eigenvalue weighted by Gasteiger charge is 2.28. The van der Waals surface area contributed by atoms with E-state index < -0.39 is 0 Å². The van der Waals surface area contributed by atoms with Crippen LogP contribution in [0.1, 0.15) is 53.0 Å². The molecule has 33 heavy (non-hydrogen) atoms. The summed E-state index contributed by atoms with van der Waals surface area (Å²) in [6.45, 7) is 4.75. The molecule has 3 heterocycles. The van der Waals surface area contributed by atoms with Gasteiger partial charge in [0.15, 0.2) is 0 Å². The van der Waals surface area contributed by atoms with E-state index in [1.807, 2.05) is 42.5 Å². The molecule has 5 rings (SSSR count). The summed E-state index contributed by atoms with van der Waals surface area (Å²) >= 11 is 14.3. The maximum absolute atomic E-state index is 13.6. The lowest BCUT2D eigenvalue weighted by Crippen LogP contribution is -2.32. The van der Waals surface area contributed by atoms with Crippen LogP contribution in [0.3, 0.4) is 0 Å². The topological polar surface area (TPSA) is 51.2 Å². The summed E-state index contributed by atoms with van der Waals surface area (Å²) in [5.41, 5.74) is 4.55. The number of nitrogens with zero attached hydrogens (tertiary/aromatic N) is 1. The van der Waals surface area contributed by atoms with Gasteiger partial charge in [0, 0.05) is 34.9 Å². The van der Waals surface area contributed by atoms with Gasteiger partial charge in [-0.1, -0.05) is 67.4 Å². The van der Waals surface area contributed by atoms with Crippen LogP contribution in [0.5, 0.6) is 5.75 Å². The van der Waals surface area contributed by atoms with Crippen LogP contribution in [-0.2, 0) is 0 Å². The van der Waals surface area contributed by atoms with E-state index in [1.54, 1.807) is 12.3 Å². The van der Waals surface area contributed by atoms with Crippen LogP contribution in [0, 0.1) is 0 Å². The lowest BCUT2D eigenvalue weighted by atomic mass is 9.98. The first kappa shape index (κ1) is 22.2. The number of fused-ring (bicyclic) bond motifs is 2. The van der Waals surface area contributed by atoms with Gasteiger partial charge in [0.05, 0.1) is 37.8 Å². The van der Waals surface area contributed by atoms with E-state index in [1.165, 1.54) is 11.3 Å². The van der Waals surface area contributed by atoms with Gasteiger partial charge in [0.25, 0.3) is 5.91 Å². The first-order chi connectivity index (χ1) is 16.0. The Labute approximate surface area is 206 Å². The molecule has 1 amide bonds. The standard InChI is InChI=1S/C26H22Cl2N2O2S/c1-14(2)21-23-24(16(10-12-29-23)15-7-5-8-18(27)22(15)28)33-25(21)26(31)30-19-11-13-32-20-9-4-3-6-17(19)20/h3-10,12,14,19H,11,13H2,1-2H3,(H,30,31)/t19-/m0/s1. The van der Waals surface area contributed by atoms with Gasteiger partial charge in [0.1, 0.15) is 5.75 Å². The van der Waals surface area contributed by atoms with E-state index in [0.29, 0.717) is 21.5 Å². The lowest BCUT2D eigenvalue weighted by Gasteiger charge is -2.26. The Morgan fingerprint density at radius 2 is 1.94 bits per heavy atom. The minimum Gasteiger partial charge on any atom is -0.493 e. The summed E-state index contributed by atoms with van der Waals surface area (Å²) in [6, 6.07) is 15.3. The number of carbonyl (C=O) groups is 1. The first-order valence-corrected chi connectivity index (χ1v) is 12.4. The Morgan fingerprint density at radius 3 is 2.76 bits per heavy atom. The highest BCUT2D eigenvalue weighted by atomic mass is 35.5. The second-order valence-electron chi connectivity index (χ2n) is 8.34. The Bertz CT molecular complexity index is 1370. The Hall–Kier alpha value is -2.60. The molecule has 1 atom stereocenters. The number of pyridine rings is 1. The lowest BCUT2D eigenvalue weighted by molar-refractivity contribution is 0.0928. The number of aromatic nitrogens is 1. The summed E-state index contributed by atoms with van der Waals surface area (Å²) in [4.78, 5) is 18.9. The predicted molar refractivity (Wildman–Crippen MR) is 136 cm³/mol. The molecular weight excluding hydrogens is 475 g/mol. The monoisotopic (exact) mass is 496 g/mol. The molecule has 1 aliphatic heterocycles. The smallest absolute Gasteiger partial charge is 0.262 e. The van der Waals surface area contributed by atoms with Gasteiger partial charge in [-0.2, -0.15) is 0 Å². The molecule has 0 radical (unpaired) electrons. The van der Waals surface area contributed by atoms with Gasteiger partial charge in [0.2, 0.25) is 0 Å². The number of halogens is 2. The van der Waals surface area contributed by atoms with Crippen LogP contribution < -0.4 is 10.1 Å². The molecule has 7 heteroatoms. The number of carbonyl (C=O) groups excluding carboxylic acids is 1. The molecule has 4 aromatic rings. The molecule has 0 bridgehead atoms. The molecule has 2 aromatic heterocycles. The number of benzene rings is 2. The van der Waals surface area contributed by atoms with Gasteiger partial charge < -0.3 is 10.1 Å². The summed E-state index contributed by atoms with van der Waals surface area (Å²) in [5.74, 6) is 0.861. The normalized spacial score (nSPS) is 15.4. The van der Waals surface area contributed by atoms with Crippen molar-refractivity contribution in [1.29, 1.82) is 0 Å². The van der Waals surface area contributed by atoms with E-state index in [-0.39, 0.29) is 17.9 Å². The summed E-state index contributed by atoms with van der Waals surface area (Å²) < 4.78 is 6.69. The zero-order chi connectivity index (χ0) is 23.1. The van der Waals surface area contributed by atoms with Crippen molar-refractivity contribution in [3.05, 3.63) is 80.8 Å². The Morgan fingerprint density at radius 1 is 1.12 bits per heavy atom. The van der Waals surface area contributed by atoms with Crippen LogP contribution >= 0.6 is 34.5 Å². The van der Waals surface area contributed by atoms with E-state index in [4.69, 9.17) is 27.9 Å². The highest BCUT2D eigenvalue weighted by Crippen LogP contribution is 2.43. The van der Waals surface area contributed by atoms with Crippen molar-refractivity contribution < 1.29 is 9.53 Å². The third-order valence-corrected chi connectivity index (χ3v) is 7.94. The number of nitrogens with one attached hydrogen (secondary N) is 1. The summed E-state index contributed by atoms with van der Waals surface area (Å²) in [7, 11) is 0. The van der Waals surface area contributed by atoms with Crippen LogP contribution in [-0.4, -0.2) is 17.5 Å². The molecule has 4 nitrogen and oxygen atoms in total. The van der Waals surface area contributed by atoms with Gasteiger partial charge in [-0.15, -0.1) is 11.3 Å². The van der Waals surface area contributed by atoms with Crippen molar-refractivity contribution in [3.8, 4) is 16.9 Å². The van der Waals surface area contributed by atoms with Crippen molar-refractivity contribution in [2.75, 3.05) is 6.61 Å². The molecule has 2 aromatic carbocycles. The number of ether oxygens (including phenoxy) is 1. The second-order valence-corrected chi connectivity index (χ2v) is 10.1. The minimum atomic E-state index is -0.0949. The third-order valence-electron chi connectivity index (χ3n) is 5.90. The molecule has 0 aliphatic carbocycles. The Kier molecular flexibility index (Phi) is 6.04. The van der Waals surface area contributed by atoms with Gasteiger partial charge in [-0.25, -0.2) is 0 Å². The molecular formula is C26H22Cl2N2O2S. The molecule has 1 aliphatic rings. The van der Waals surface area contributed by atoms with E-state index in [9.17, 15) is 4.79 Å². The zero-order valence-electron chi connectivity index (χ0n) is 18.2. The fourth-order valence-electron chi connectivity index (χ4n) is 4.35. The Balaban J connectivity index is 1.60. The average Bonchev–Trinajstić information content (AvgIpc) is 3.22. The number of amides is 1. The third kappa shape index (κ3) is 3.99. The molecule has 1 N–H and O–H groups in total. The largest absolute Gasteiger partial charge is 0.493 e. The highest BCUT2D eigenvalue weighted by molar-refractivity contribution is 7.21. The fourth-order valence-corrected chi connectivity index (χ4v) is 6.10. The molecule has 168 valence electrons. The first-order valence-electron chi connectivity index (χ1n) is 10.8. The SMILES string of the molecule is CC(C)c1c(C(=O)N[C@H]2CCOc3ccccc32)sc2c(-c3cccc(Cl)c3Cl)ccnc12. The number of hydrogen-bond donors (Lipinski definition) is 1. The number of hydrogen-bond acceptors (Lipinski definition) is 4. The predicted octanol–water partition coefficient (Wildman–Crippen LogP) is 7.65. The van der Waals surface area contributed by atoms with Crippen molar-refractivity contribution in [2.45, 2.75) is 32.2 Å². The van der Waals surface area contributed by atoms with Crippen LogP contribution in [0.4, 0.5) is 0 Å². The van der Waals surface area contributed by atoms with Gasteiger partial charge in [-0.3, -0.25) is 9.78 Å². The second kappa shape index (κ2) is 8.98. The molecule has 0 saturated carbocycles. The van der Waals surface area contributed by atoms with Crippen molar-refractivity contribution in [3.63, 3.8) is 0 Å². The maximum atomic E-state index is 13.6. The minimum absolute atomic E-state index is 0.0912. The summed E-state index contributed by atoms with van der Waals surface area (Å²) in [6.07, 6.45) is 2.50. The van der Waals surface area contributed by atoms with Crippen LogP contribution in [0.2, 0.25) is 10.0 Å². The van der Waals surface area contributed by atoms with Gasteiger partial charge >= 0.3 is 0 Å². The number of rotatable bonds is 4. The maximum Gasteiger partial charge on any atom is 0.262 e. The van der Waals surface area contributed by atoms with Gasteiger partial charge in [-0.05, 0) is 24.1 Å². The summed E-state index contributed by atoms with van der Waals surface area (Å²) in [5, 5.41) is 4.24. The molecule has 0 fully saturated rings.